The van der Waals surface area contributed by atoms with Crippen LogP contribution in [-0.4, -0.2) is 26.4 Å². The highest BCUT2D eigenvalue weighted by Crippen LogP contribution is 2.31. The molecule has 4 rings (SSSR count). The lowest BCUT2D eigenvalue weighted by molar-refractivity contribution is 0.838. The summed E-state index contributed by atoms with van der Waals surface area (Å²) in [7, 11) is 0. The molecule has 1 aliphatic heterocycles. The summed E-state index contributed by atoms with van der Waals surface area (Å²) in [6.45, 7) is 3.10. The average Bonchev–Trinajstić information content (AvgIpc) is 3.12. The predicted molar refractivity (Wildman–Crippen MR) is 75.7 cm³/mol. The molecule has 1 aliphatic rings. The van der Waals surface area contributed by atoms with E-state index in [0.717, 1.165) is 40.7 Å². The maximum Gasteiger partial charge on any atom is 0.234 e. The summed E-state index contributed by atoms with van der Waals surface area (Å²) in [6.07, 6.45) is 1.96. The molecule has 6 heteroatoms. The van der Waals surface area contributed by atoms with E-state index in [4.69, 9.17) is 0 Å². The van der Waals surface area contributed by atoms with Gasteiger partial charge in [-0.15, -0.1) is 10.2 Å². The second-order valence-corrected chi connectivity index (χ2v) is 5.58. The Balaban J connectivity index is 1.83. The molecule has 0 saturated heterocycles. The Morgan fingerprint density at radius 2 is 2.32 bits per heavy atom. The first-order chi connectivity index (χ1) is 9.35. The van der Waals surface area contributed by atoms with Crippen LogP contribution in [0.1, 0.15) is 18.3 Å². The fourth-order valence-electron chi connectivity index (χ4n) is 2.42. The van der Waals surface area contributed by atoms with Crippen molar-refractivity contribution in [3.05, 3.63) is 29.6 Å². The van der Waals surface area contributed by atoms with Crippen LogP contribution in [0.15, 0.2) is 18.2 Å². The summed E-state index contributed by atoms with van der Waals surface area (Å²) >= 11 is 1.58. The van der Waals surface area contributed by atoms with E-state index in [0.29, 0.717) is 0 Å². The highest BCUT2D eigenvalue weighted by Gasteiger charge is 2.15. The number of nitrogens with one attached hydrogen (secondary N) is 1. The number of anilines is 1. The van der Waals surface area contributed by atoms with E-state index in [-0.39, 0.29) is 0 Å². The molecule has 0 unspecified atom stereocenters. The van der Waals surface area contributed by atoms with Gasteiger partial charge in [0.25, 0.3) is 0 Å². The van der Waals surface area contributed by atoms with Gasteiger partial charge in [-0.05, 0) is 18.1 Å². The molecule has 3 aromatic rings. The van der Waals surface area contributed by atoms with Gasteiger partial charge in [-0.25, -0.2) is 0 Å². The van der Waals surface area contributed by atoms with E-state index in [2.05, 4.69) is 45.7 Å². The maximum absolute atomic E-state index is 4.62. The van der Waals surface area contributed by atoms with Crippen molar-refractivity contribution in [2.24, 2.45) is 0 Å². The molecule has 0 atom stereocenters. The zero-order valence-corrected chi connectivity index (χ0v) is 11.4. The Bertz CT molecular complexity index is 758. The number of hydrogen-bond acceptors (Lipinski definition) is 5. The monoisotopic (exact) mass is 271 g/mol. The van der Waals surface area contributed by atoms with Crippen molar-refractivity contribution in [3.8, 4) is 10.6 Å². The number of benzene rings is 1. The molecule has 5 nitrogen and oxygen atoms in total. The third kappa shape index (κ3) is 1.63. The first-order valence-corrected chi connectivity index (χ1v) is 7.25. The Labute approximate surface area is 114 Å². The number of nitrogens with zero attached hydrogens (tertiary/aromatic N) is 4. The minimum Gasteiger partial charge on any atom is -0.384 e. The number of rotatable bonds is 2. The smallest absolute Gasteiger partial charge is 0.234 e. The second-order valence-electron chi connectivity index (χ2n) is 4.62. The predicted octanol–water partition coefficient (Wildman–Crippen LogP) is 2.38. The molecule has 0 saturated carbocycles. The van der Waals surface area contributed by atoms with Crippen molar-refractivity contribution in [2.45, 2.75) is 19.8 Å². The van der Waals surface area contributed by atoms with Crippen LogP contribution in [-0.2, 0) is 12.8 Å². The molecule has 1 N–H and O–H groups in total. The van der Waals surface area contributed by atoms with Crippen LogP contribution in [0.2, 0.25) is 0 Å². The lowest BCUT2D eigenvalue weighted by atomic mass is 10.1. The number of aryl methyl sites for hydroxylation is 1. The third-order valence-electron chi connectivity index (χ3n) is 3.44. The molecular formula is C13H13N5S. The summed E-state index contributed by atoms with van der Waals surface area (Å²) in [6, 6.07) is 6.51. The molecule has 0 amide bonds. The van der Waals surface area contributed by atoms with Gasteiger partial charge in [0.2, 0.25) is 4.96 Å². The lowest BCUT2D eigenvalue weighted by Gasteiger charge is -2.01. The summed E-state index contributed by atoms with van der Waals surface area (Å²) in [5.74, 6) is 0.914. The minimum absolute atomic E-state index is 0.843. The second kappa shape index (κ2) is 4.03. The Hall–Kier alpha value is -1.95. The zero-order valence-electron chi connectivity index (χ0n) is 10.6. The van der Waals surface area contributed by atoms with E-state index < -0.39 is 0 Å². The van der Waals surface area contributed by atoms with Crippen LogP contribution < -0.4 is 5.32 Å². The molecule has 96 valence electrons. The average molecular weight is 271 g/mol. The fraction of sp³-hybridized carbons (Fsp3) is 0.308. The van der Waals surface area contributed by atoms with Crippen LogP contribution in [0.3, 0.4) is 0 Å². The van der Waals surface area contributed by atoms with E-state index in [9.17, 15) is 0 Å². The van der Waals surface area contributed by atoms with Gasteiger partial charge in [0.05, 0.1) is 0 Å². The molecule has 0 spiro atoms. The summed E-state index contributed by atoms with van der Waals surface area (Å²) in [4.78, 5) is 0.861. The van der Waals surface area contributed by atoms with Crippen molar-refractivity contribution >= 4 is 22.0 Å². The fourth-order valence-corrected chi connectivity index (χ4v) is 3.27. The van der Waals surface area contributed by atoms with Gasteiger partial charge >= 0.3 is 0 Å². The van der Waals surface area contributed by atoms with Crippen molar-refractivity contribution in [3.63, 3.8) is 0 Å². The molecule has 3 heterocycles. The van der Waals surface area contributed by atoms with Crippen LogP contribution >= 0.6 is 11.3 Å². The molecule has 0 radical (unpaired) electrons. The Morgan fingerprint density at radius 1 is 1.37 bits per heavy atom. The van der Waals surface area contributed by atoms with Crippen LogP contribution in [0.4, 0.5) is 5.69 Å². The lowest BCUT2D eigenvalue weighted by Crippen LogP contribution is -1.93. The van der Waals surface area contributed by atoms with Gasteiger partial charge in [0, 0.05) is 24.2 Å². The quantitative estimate of drug-likeness (QED) is 0.777. The van der Waals surface area contributed by atoms with Crippen molar-refractivity contribution in [1.82, 2.24) is 19.8 Å². The summed E-state index contributed by atoms with van der Waals surface area (Å²) < 4.78 is 1.85. The summed E-state index contributed by atoms with van der Waals surface area (Å²) in [5.41, 5.74) is 3.77. The van der Waals surface area contributed by atoms with Crippen molar-refractivity contribution in [2.75, 3.05) is 11.9 Å². The van der Waals surface area contributed by atoms with Crippen LogP contribution in [0, 0.1) is 0 Å². The Morgan fingerprint density at radius 3 is 3.21 bits per heavy atom. The van der Waals surface area contributed by atoms with Gasteiger partial charge in [-0.3, -0.25) is 0 Å². The first-order valence-electron chi connectivity index (χ1n) is 6.43. The zero-order chi connectivity index (χ0) is 12.8. The van der Waals surface area contributed by atoms with Crippen LogP contribution in [0.5, 0.6) is 0 Å². The third-order valence-corrected chi connectivity index (χ3v) is 4.39. The van der Waals surface area contributed by atoms with Crippen LogP contribution in [0.25, 0.3) is 15.5 Å². The van der Waals surface area contributed by atoms with Gasteiger partial charge in [-0.1, -0.05) is 30.4 Å². The van der Waals surface area contributed by atoms with E-state index in [1.54, 1.807) is 11.3 Å². The SMILES string of the molecule is CCc1nnc2sc(-c3ccc4c(c3)NCC4)nn12. The van der Waals surface area contributed by atoms with E-state index in [1.165, 1.54) is 11.3 Å². The molecular weight excluding hydrogens is 258 g/mol. The Kier molecular flexibility index (Phi) is 2.32. The number of fused-ring (bicyclic) bond motifs is 2. The van der Waals surface area contributed by atoms with Crippen molar-refractivity contribution in [1.29, 1.82) is 0 Å². The normalized spacial score (nSPS) is 13.7. The van der Waals surface area contributed by atoms with E-state index >= 15 is 0 Å². The number of aromatic nitrogens is 4. The van der Waals surface area contributed by atoms with Gasteiger partial charge in [-0.2, -0.15) is 9.61 Å². The largest absolute Gasteiger partial charge is 0.384 e. The molecule has 2 aromatic heterocycles. The first kappa shape index (κ1) is 10.9. The highest BCUT2D eigenvalue weighted by molar-refractivity contribution is 7.19. The maximum atomic E-state index is 4.62. The summed E-state index contributed by atoms with van der Waals surface area (Å²) in [5, 5.41) is 17.3. The molecule has 0 bridgehead atoms. The molecule has 0 fully saturated rings. The van der Waals surface area contributed by atoms with E-state index in [1.807, 2.05) is 4.52 Å². The van der Waals surface area contributed by atoms with Gasteiger partial charge < -0.3 is 5.32 Å². The minimum atomic E-state index is 0.843. The van der Waals surface area contributed by atoms with Gasteiger partial charge in [0.1, 0.15) is 5.01 Å². The molecule has 19 heavy (non-hydrogen) atoms. The van der Waals surface area contributed by atoms with Crippen molar-refractivity contribution < 1.29 is 0 Å². The molecule has 1 aromatic carbocycles. The number of hydrogen-bond donors (Lipinski definition) is 1. The molecule has 0 aliphatic carbocycles. The standard InChI is InChI=1S/C13H13N5S/c1-2-11-15-16-13-18(11)17-12(19-13)9-4-3-8-5-6-14-10(8)7-9/h3-4,7,14H,2,5-6H2,1H3. The van der Waals surface area contributed by atoms with Gasteiger partial charge in [0.15, 0.2) is 5.82 Å². The topological polar surface area (TPSA) is 55.1 Å². The highest BCUT2D eigenvalue weighted by atomic mass is 32.1.